The van der Waals surface area contributed by atoms with E-state index in [-0.39, 0.29) is 18.4 Å². The van der Waals surface area contributed by atoms with Crippen molar-refractivity contribution in [1.29, 1.82) is 0 Å². The molecule has 1 aliphatic heterocycles. The van der Waals surface area contributed by atoms with Crippen molar-refractivity contribution in [3.63, 3.8) is 0 Å². The molecule has 0 radical (unpaired) electrons. The number of ether oxygens (including phenoxy) is 1. The summed E-state index contributed by atoms with van der Waals surface area (Å²) < 4.78 is 5.51. The number of nitrogens with one attached hydrogen (secondary N) is 1. The van der Waals surface area contributed by atoms with E-state index in [9.17, 15) is 9.59 Å². The molecule has 0 bridgehead atoms. The number of benzene rings is 2. The summed E-state index contributed by atoms with van der Waals surface area (Å²) >= 11 is 18.1. The molecule has 0 spiro atoms. The fourth-order valence-electron chi connectivity index (χ4n) is 3.37. The lowest BCUT2D eigenvalue weighted by Crippen LogP contribution is -2.49. The highest BCUT2D eigenvalue weighted by Crippen LogP contribution is 2.31. The van der Waals surface area contributed by atoms with E-state index in [2.05, 4.69) is 10.2 Å². The van der Waals surface area contributed by atoms with Crippen LogP contribution in [-0.4, -0.2) is 49.5 Å². The highest BCUT2D eigenvalue weighted by molar-refractivity contribution is 6.35. The predicted octanol–water partition coefficient (Wildman–Crippen LogP) is 5.11. The molecule has 1 aliphatic rings. The second-order valence-corrected chi connectivity index (χ2v) is 8.47. The predicted molar refractivity (Wildman–Crippen MR) is 126 cm³/mol. The number of nitrogens with zero attached hydrogens (tertiary/aromatic N) is 2. The Bertz CT molecular complexity index is 947. The zero-order chi connectivity index (χ0) is 22.4. The molecule has 166 valence electrons. The molecule has 1 saturated heterocycles. The molecule has 2 aromatic carbocycles. The van der Waals surface area contributed by atoms with Gasteiger partial charge in [0.2, 0.25) is 5.91 Å². The first-order chi connectivity index (χ1) is 14.9. The first-order valence-electron chi connectivity index (χ1n) is 10.1. The number of piperazine rings is 1. The Morgan fingerprint density at radius 1 is 1.00 bits per heavy atom. The van der Waals surface area contributed by atoms with Gasteiger partial charge < -0.3 is 19.9 Å². The van der Waals surface area contributed by atoms with Crippen LogP contribution in [0, 0.1) is 0 Å². The molecule has 2 amide bonds. The van der Waals surface area contributed by atoms with Gasteiger partial charge in [-0.25, -0.2) is 0 Å². The molecular formula is C22H24Cl3N3O3. The van der Waals surface area contributed by atoms with Gasteiger partial charge in [0.15, 0.2) is 6.61 Å². The van der Waals surface area contributed by atoms with Gasteiger partial charge in [0.1, 0.15) is 5.75 Å². The Hall–Kier alpha value is -2.15. The molecule has 6 nitrogen and oxygen atoms in total. The van der Waals surface area contributed by atoms with Crippen LogP contribution in [0.5, 0.6) is 5.75 Å². The first kappa shape index (κ1) is 23.5. The van der Waals surface area contributed by atoms with Gasteiger partial charge >= 0.3 is 0 Å². The summed E-state index contributed by atoms with van der Waals surface area (Å²) in [6, 6.07) is 10.2. The number of amides is 2. The number of carbonyl (C=O) groups excluding carboxylic acids is 2. The number of hydrogen-bond donors (Lipinski definition) is 1. The maximum absolute atomic E-state index is 12.5. The third-order valence-electron chi connectivity index (χ3n) is 4.92. The van der Waals surface area contributed by atoms with E-state index in [1.807, 2.05) is 17.9 Å². The smallest absolute Gasteiger partial charge is 0.262 e. The van der Waals surface area contributed by atoms with Gasteiger partial charge in [-0.15, -0.1) is 0 Å². The summed E-state index contributed by atoms with van der Waals surface area (Å²) in [6.45, 7) is 4.43. The zero-order valence-corrected chi connectivity index (χ0v) is 19.4. The molecule has 9 heteroatoms. The van der Waals surface area contributed by atoms with Crippen LogP contribution in [-0.2, 0) is 9.59 Å². The van der Waals surface area contributed by atoms with Gasteiger partial charge in [0.25, 0.3) is 5.91 Å². The second-order valence-electron chi connectivity index (χ2n) is 7.19. The average Bonchev–Trinajstić information content (AvgIpc) is 2.73. The Morgan fingerprint density at radius 2 is 1.68 bits per heavy atom. The Labute approximate surface area is 197 Å². The van der Waals surface area contributed by atoms with Crippen molar-refractivity contribution in [3.8, 4) is 5.75 Å². The summed E-state index contributed by atoms with van der Waals surface area (Å²) in [6.07, 6.45) is 1.41. The molecule has 1 heterocycles. The van der Waals surface area contributed by atoms with Crippen LogP contribution >= 0.6 is 34.8 Å². The minimum atomic E-state index is -0.341. The average molecular weight is 485 g/mol. The SMILES string of the molecule is CCCC(=O)N1CCN(c2ccc(Cl)cc2NC(=O)COc2ccc(Cl)cc2Cl)CC1. The zero-order valence-electron chi connectivity index (χ0n) is 17.2. The van der Waals surface area contributed by atoms with E-state index in [1.165, 1.54) is 0 Å². The van der Waals surface area contributed by atoms with E-state index in [0.29, 0.717) is 59.1 Å². The number of carbonyl (C=O) groups is 2. The lowest BCUT2D eigenvalue weighted by Gasteiger charge is -2.37. The number of anilines is 2. The van der Waals surface area contributed by atoms with Crippen LogP contribution in [0.3, 0.4) is 0 Å². The van der Waals surface area contributed by atoms with Gasteiger partial charge in [-0.1, -0.05) is 41.7 Å². The number of rotatable bonds is 7. The van der Waals surface area contributed by atoms with Crippen molar-refractivity contribution in [2.24, 2.45) is 0 Å². The van der Waals surface area contributed by atoms with Crippen LogP contribution in [0.2, 0.25) is 15.1 Å². The maximum Gasteiger partial charge on any atom is 0.262 e. The van der Waals surface area contributed by atoms with Gasteiger partial charge in [-0.3, -0.25) is 9.59 Å². The third-order valence-corrected chi connectivity index (χ3v) is 5.69. The van der Waals surface area contributed by atoms with Gasteiger partial charge in [-0.2, -0.15) is 0 Å². The molecule has 2 aromatic rings. The Balaban J connectivity index is 1.63. The summed E-state index contributed by atoms with van der Waals surface area (Å²) in [5.41, 5.74) is 1.45. The molecular weight excluding hydrogens is 461 g/mol. The fraction of sp³-hybridized carbons (Fsp3) is 0.364. The normalized spacial score (nSPS) is 13.8. The van der Waals surface area contributed by atoms with E-state index >= 15 is 0 Å². The van der Waals surface area contributed by atoms with E-state index in [1.54, 1.807) is 30.3 Å². The van der Waals surface area contributed by atoms with Crippen molar-refractivity contribution in [2.45, 2.75) is 19.8 Å². The van der Waals surface area contributed by atoms with Gasteiger partial charge in [0.05, 0.1) is 16.4 Å². The summed E-state index contributed by atoms with van der Waals surface area (Å²) in [4.78, 5) is 28.7. The van der Waals surface area contributed by atoms with Crippen LogP contribution in [0.15, 0.2) is 36.4 Å². The number of halogens is 3. The molecule has 0 saturated carbocycles. The maximum atomic E-state index is 12.5. The van der Waals surface area contributed by atoms with Crippen molar-refractivity contribution >= 4 is 58.0 Å². The summed E-state index contributed by atoms with van der Waals surface area (Å²) in [7, 11) is 0. The van der Waals surface area contributed by atoms with Crippen LogP contribution in [0.1, 0.15) is 19.8 Å². The first-order valence-corrected chi connectivity index (χ1v) is 11.2. The quantitative estimate of drug-likeness (QED) is 0.593. The van der Waals surface area contributed by atoms with E-state index < -0.39 is 0 Å². The lowest BCUT2D eigenvalue weighted by atomic mass is 10.2. The minimum absolute atomic E-state index is 0.185. The van der Waals surface area contributed by atoms with Crippen LogP contribution in [0.4, 0.5) is 11.4 Å². The van der Waals surface area contributed by atoms with Crippen LogP contribution in [0.25, 0.3) is 0 Å². The van der Waals surface area contributed by atoms with Crippen molar-refractivity contribution in [2.75, 3.05) is 43.0 Å². The highest BCUT2D eigenvalue weighted by Gasteiger charge is 2.23. The summed E-state index contributed by atoms with van der Waals surface area (Å²) in [5, 5.41) is 4.20. The van der Waals surface area contributed by atoms with Crippen molar-refractivity contribution in [3.05, 3.63) is 51.5 Å². The molecule has 31 heavy (non-hydrogen) atoms. The van der Waals surface area contributed by atoms with E-state index in [4.69, 9.17) is 39.5 Å². The minimum Gasteiger partial charge on any atom is -0.482 e. The lowest BCUT2D eigenvalue weighted by molar-refractivity contribution is -0.131. The standard InChI is InChI=1S/C22H24Cl3N3O3/c1-2-3-22(30)28-10-8-27(9-11-28)19-6-4-16(24)13-18(19)26-21(29)14-31-20-7-5-15(23)12-17(20)25/h4-7,12-13H,2-3,8-11,14H2,1H3,(H,26,29). The second kappa shape index (κ2) is 10.9. The molecule has 0 atom stereocenters. The van der Waals surface area contributed by atoms with E-state index in [0.717, 1.165) is 12.1 Å². The van der Waals surface area contributed by atoms with Crippen molar-refractivity contribution < 1.29 is 14.3 Å². The Kier molecular flexibility index (Phi) is 8.29. The molecule has 0 aliphatic carbocycles. The molecule has 0 unspecified atom stereocenters. The molecule has 0 aromatic heterocycles. The van der Waals surface area contributed by atoms with Crippen molar-refractivity contribution in [1.82, 2.24) is 4.90 Å². The topological polar surface area (TPSA) is 61.9 Å². The number of hydrogen-bond acceptors (Lipinski definition) is 4. The highest BCUT2D eigenvalue weighted by atomic mass is 35.5. The summed E-state index contributed by atoms with van der Waals surface area (Å²) in [5.74, 6) is 0.219. The molecule has 1 N–H and O–H groups in total. The van der Waals surface area contributed by atoms with Crippen LogP contribution < -0.4 is 15.0 Å². The van der Waals surface area contributed by atoms with Gasteiger partial charge in [0, 0.05) is 42.6 Å². The third kappa shape index (κ3) is 6.42. The monoisotopic (exact) mass is 483 g/mol. The molecule has 1 fully saturated rings. The largest absolute Gasteiger partial charge is 0.482 e. The van der Waals surface area contributed by atoms with Gasteiger partial charge in [-0.05, 0) is 42.8 Å². The molecule has 3 rings (SSSR count). The Morgan fingerprint density at radius 3 is 2.35 bits per heavy atom. The fourth-order valence-corrected chi connectivity index (χ4v) is 4.01.